The highest BCUT2D eigenvalue weighted by Crippen LogP contribution is 2.29. The van der Waals surface area contributed by atoms with Crippen LogP contribution >= 0.6 is 0 Å². The maximum Gasteiger partial charge on any atom is 0.573 e. The summed E-state index contributed by atoms with van der Waals surface area (Å²) < 4.78 is 45.3. The van der Waals surface area contributed by atoms with Crippen LogP contribution in [0, 0.1) is 6.92 Å². The molecule has 2 nitrogen and oxygen atoms in total. The van der Waals surface area contributed by atoms with E-state index < -0.39 is 6.36 Å². The summed E-state index contributed by atoms with van der Waals surface area (Å²) >= 11 is 0. The lowest BCUT2D eigenvalue weighted by Crippen LogP contribution is -2.18. The molecule has 0 saturated carbocycles. The van der Waals surface area contributed by atoms with Gasteiger partial charge in [-0.3, -0.25) is 0 Å². The highest BCUT2D eigenvalue weighted by Gasteiger charge is 2.31. The number of alkyl halides is 3. The van der Waals surface area contributed by atoms with Gasteiger partial charge in [0.2, 0.25) is 0 Å². The van der Waals surface area contributed by atoms with Crippen LogP contribution in [0.4, 0.5) is 13.2 Å². The van der Waals surface area contributed by atoms with E-state index in [9.17, 15) is 13.2 Å². The van der Waals surface area contributed by atoms with E-state index in [1.54, 1.807) is 26.8 Å². The lowest BCUT2D eigenvalue weighted by molar-refractivity contribution is -0.274. The molecule has 0 saturated heterocycles. The molecule has 0 aromatic heterocycles. The van der Waals surface area contributed by atoms with E-state index in [0.29, 0.717) is 11.3 Å². The zero-order valence-corrected chi connectivity index (χ0v) is 9.26. The van der Waals surface area contributed by atoms with Gasteiger partial charge in [-0.15, -0.1) is 13.2 Å². The first kappa shape index (κ1) is 12.7. The van der Waals surface area contributed by atoms with E-state index in [-0.39, 0.29) is 11.9 Å². The Morgan fingerprint density at radius 3 is 2.31 bits per heavy atom. The van der Waals surface area contributed by atoms with Gasteiger partial charge in [0.1, 0.15) is 11.5 Å². The Balaban J connectivity index is 2.90. The third-order valence-corrected chi connectivity index (χ3v) is 1.76. The fraction of sp³-hybridized carbons (Fsp3) is 0.455. The van der Waals surface area contributed by atoms with Crippen LogP contribution in [-0.2, 0) is 0 Å². The maximum atomic E-state index is 12.1. The first-order valence-corrected chi connectivity index (χ1v) is 4.81. The van der Waals surface area contributed by atoms with Crippen molar-refractivity contribution in [1.29, 1.82) is 0 Å². The van der Waals surface area contributed by atoms with Crippen molar-refractivity contribution in [2.45, 2.75) is 33.2 Å². The van der Waals surface area contributed by atoms with E-state index in [2.05, 4.69) is 4.74 Å². The van der Waals surface area contributed by atoms with Crippen molar-refractivity contribution in [3.8, 4) is 11.5 Å². The Kier molecular flexibility index (Phi) is 3.67. The second-order valence-electron chi connectivity index (χ2n) is 3.64. The van der Waals surface area contributed by atoms with Crippen molar-refractivity contribution >= 4 is 0 Å². The van der Waals surface area contributed by atoms with Gasteiger partial charge >= 0.3 is 6.36 Å². The maximum absolute atomic E-state index is 12.1. The molecule has 90 valence electrons. The van der Waals surface area contributed by atoms with Gasteiger partial charge in [0.05, 0.1) is 6.10 Å². The number of aryl methyl sites for hydroxylation is 1. The number of hydrogen-bond donors (Lipinski definition) is 0. The van der Waals surface area contributed by atoms with Crippen LogP contribution in [0.5, 0.6) is 11.5 Å². The zero-order valence-electron chi connectivity index (χ0n) is 9.26. The molecule has 1 aromatic carbocycles. The molecule has 0 unspecified atom stereocenters. The lowest BCUT2D eigenvalue weighted by Gasteiger charge is -2.14. The van der Waals surface area contributed by atoms with E-state index in [1.165, 1.54) is 12.1 Å². The lowest BCUT2D eigenvalue weighted by atomic mass is 10.2. The third kappa shape index (κ3) is 4.00. The second-order valence-corrected chi connectivity index (χ2v) is 3.64. The predicted octanol–water partition coefficient (Wildman–Crippen LogP) is 3.68. The molecule has 0 bridgehead atoms. The van der Waals surface area contributed by atoms with Crippen molar-refractivity contribution in [1.82, 2.24) is 0 Å². The smallest absolute Gasteiger partial charge is 0.491 e. The molecule has 16 heavy (non-hydrogen) atoms. The fourth-order valence-corrected chi connectivity index (χ4v) is 1.16. The van der Waals surface area contributed by atoms with Gasteiger partial charge in [-0.1, -0.05) is 6.07 Å². The molecule has 0 spiro atoms. The summed E-state index contributed by atoms with van der Waals surface area (Å²) in [6.45, 7) is 5.13. The molecule has 0 aliphatic rings. The average Bonchev–Trinajstić information content (AvgIpc) is 2.07. The van der Waals surface area contributed by atoms with Gasteiger partial charge < -0.3 is 9.47 Å². The van der Waals surface area contributed by atoms with Gasteiger partial charge in [0, 0.05) is 6.07 Å². The van der Waals surface area contributed by atoms with Crippen molar-refractivity contribution in [2.24, 2.45) is 0 Å². The topological polar surface area (TPSA) is 18.5 Å². The first-order chi connectivity index (χ1) is 7.28. The molecular formula is C11H13F3O2. The van der Waals surface area contributed by atoms with E-state index >= 15 is 0 Å². The standard InChI is InChI=1S/C11H13F3O2/c1-7(2)15-9-5-4-8(3)10(6-9)16-11(12,13)14/h4-7H,1-3H3. The Morgan fingerprint density at radius 1 is 1.19 bits per heavy atom. The molecule has 0 atom stereocenters. The van der Waals surface area contributed by atoms with Crippen LogP contribution in [0.3, 0.4) is 0 Å². The molecule has 0 fully saturated rings. The highest BCUT2D eigenvalue weighted by molar-refractivity contribution is 5.40. The highest BCUT2D eigenvalue weighted by atomic mass is 19.4. The Bertz CT molecular complexity index is 359. The molecule has 0 heterocycles. The summed E-state index contributed by atoms with van der Waals surface area (Å²) in [6, 6.07) is 4.38. The molecule has 1 rings (SSSR count). The third-order valence-electron chi connectivity index (χ3n) is 1.76. The molecule has 0 amide bonds. The fourth-order valence-electron chi connectivity index (χ4n) is 1.16. The van der Waals surface area contributed by atoms with Crippen molar-refractivity contribution < 1.29 is 22.6 Å². The summed E-state index contributed by atoms with van der Waals surface area (Å²) in [5, 5.41) is 0. The quantitative estimate of drug-likeness (QED) is 0.794. The first-order valence-electron chi connectivity index (χ1n) is 4.81. The minimum Gasteiger partial charge on any atom is -0.491 e. The van der Waals surface area contributed by atoms with Crippen LogP contribution in [0.2, 0.25) is 0 Å². The summed E-state index contributed by atoms with van der Waals surface area (Å²) in [5.41, 5.74) is 0.411. The monoisotopic (exact) mass is 234 g/mol. The summed E-state index contributed by atoms with van der Waals surface area (Å²) in [4.78, 5) is 0. The largest absolute Gasteiger partial charge is 0.573 e. The number of hydrogen-bond acceptors (Lipinski definition) is 2. The Hall–Kier alpha value is -1.39. The van der Waals surface area contributed by atoms with E-state index in [4.69, 9.17) is 4.74 Å². The van der Waals surface area contributed by atoms with Crippen LogP contribution in [-0.4, -0.2) is 12.5 Å². The summed E-state index contributed by atoms with van der Waals surface area (Å²) in [6.07, 6.45) is -4.78. The van der Waals surface area contributed by atoms with Gasteiger partial charge in [-0.25, -0.2) is 0 Å². The molecular weight excluding hydrogens is 221 g/mol. The van der Waals surface area contributed by atoms with Gasteiger partial charge in [-0.2, -0.15) is 0 Å². The van der Waals surface area contributed by atoms with Crippen LogP contribution in [0.25, 0.3) is 0 Å². The molecule has 0 aliphatic heterocycles. The molecule has 1 aromatic rings. The average molecular weight is 234 g/mol. The molecule has 0 aliphatic carbocycles. The van der Waals surface area contributed by atoms with Crippen LogP contribution in [0.15, 0.2) is 18.2 Å². The van der Waals surface area contributed by atoms with Gasteiger partial charge in [-0.05, 0) is 32.4 Å². The van der Waals surface area contributed by atoms with Crippen molar-refractivity contribution in [3.05, 3.63) is 23.8 Å². The predicted molar refractivity (Wildman–Crippen MR) is 53.6 cm³/mol. The molecule has 0 N–H and O–H groups in total. The molecule has 0 radical (unpaired) electrons. The summed E-state index contributed by atoms with van der Waals surface area (Å²) in [5.74, 6) is 0.130. The van der Waals surface area contributed by atoms with Crippen LogP contribution in [0.1, 0.15) is 19.4 Å². The van der Waals surface area contributed by atoms with Crippen molar-refractivity contribution in [3.63, 3.8) is 0 Å². The SMILES string of the molecule is Cc1ccc(OC(C)C)cc1OC(F)(F)F. The van der Waals surface area contributed by atoms with Crippen LogP contribution < -0.4 is 9.47 Å². The van der Waals surface area contributed by atoms with E-state index in [1.807, 2.05) is 0 Å². The van der Waals surface area contributed by atoms with Gasteiger partial charge in [0.15, 0.2) is 0 Å². The Morgan fingerprint density at radius 2 is 1.81 bits per heavy atom. The van der Waals surface area contributed by atoms with E-state index in [0.717, 1.165) is 0 Å². The second kappa shape index (κ2) is 4.63. The van der Waals surface area contributed by atoms with Gasteiger partial charge in [0.25, 0.3) is 0 Å². The Labute approximate surface area is 92.0 Å². The minimum absolute atomic E-state index is 0.0959. The number of halogens is 3. The normalized spacial score (nSPS) is 11.7. The summed E-state index contributed by atoms with van der Waals surface area (Å²) in [7, 11) is 0. The molecule has 5 heteroatoms. The minimum atomic E-state index is -4.68. The van der Waals surface area contributed by atoms with Crippen molar-refractivity contribution in [2.75, 3.05) is 0 Å². The zero-order chi connectivity index (χ0) is 12.3. The number of benzene rings is 1. The number of rotatable bonds is 3. The number of ether oxygens (including phenoxy) is 2.